The van der Waals surface area contributed by atoms with Crippen molar-refractivity contribution >= 4 is 35.1 Å². The molecule has 2 nitrogen and oxygen atoms in total. The van der Waals surface area contributed by atoms with Gasteiger partial charge in [-0.2, -0.15) is 0 Å². The van der Waals surface area contributed by atoms with Gasteiger partial charge in [-0.05, 0) is 35.7 Å². The zero-order valence-electron chi connectivity index (χ0n) is 11.3. The first-order chi connectivity index (χ1) is 9.92. The van der Waals surface area contributed by atoms with Crippen LogP contribution in [0.3, 0.4) is 0 Å². The fourth-order valence-electron chi connectivity index (χ4n) is 2.51. The lowest BCUT2D eigenvalue weighted by Gasteiger charge is -2.25. The first-order valence-corrected chi connectivity index (χ1v) is 8.81. The molecule has 104 valence electrons. The van der Waals surface area contributed by atoms with Crippen LogP contribution in [0.25, 0.3) is 0 Å². The van der Waals surface area contributed by atoms with Crippen molar-refractivity contribution in [1.29, 1.82) is 0 Å². The number of aliphatic imine (C=N–C) groups is 2. The Morgan fingerprint density at radius 3 is 1.75 bits per heavy atom. The molecule has 0 N–H and O–H groups in total. The van der Waals surface area contributed by atoms with Gasteiger partial charge in [0.05, 0.1) is 12.1 Å². The van der Waals surface area contributed by atoms with E-state index in [1.165, 1.54) is 22.6 Å². The van der Waals surface area contributed by atoms with Crippen LogP contribution < -0.4 is 0 Å². The first kappa shape index (κ1) is 13.7. The normalized spacial score (nSPS) is 23.8. The maximum atomic E-state index is 4.78. The zero-order chi connectivity index (χ0) is 13.6. The molecule has 20 heavy (non-hydrogen) atoms. The third kappa shape index (κ3) is 3.64. The maximum absolute atomic E-state index is 4.78. The lowest BCUT2D eigenvalue weighted by Crippen LogP contribution is -2.27. The quantitative estimate of drug-likeness (QED) is 0.734. The largest absolute Gasteiger partial charge is 0.286 e. The van der Waals surface area contributed by atoms with Gasteiger partial charge in [-0.1, -0.05) is 25.0 Å². The number of rotatable bonds is 4. The minimum Gasteiger partial charge on any atom is -0.286 e. The monoisotopic (exact) mass is 302 g/mol. The van der Waals surface area contributed by atoms with Crippen molar-refractivity contribution in [2.45, 2.75) is 37.8 Å². The van der Waals surface area contributed by atoms with Gasteiger partial charge < -0.3 is 0 Å². The minimum absolute atomic E-state index is 0.349. The van der Waals surface area contributed by atoms with E-state index in [0.29, 0.717) is 12.1 Å². The van der Waals surface area contributed by atoms with Crippen molar-refractivity contribution in [3.8, 4) is 0 Å². The topological polar surface area (TPSA) is 24.7 Å². The van der Waals surface area contributed by atoms with E-state index in [1.807, 2.05) is 12.4 Å². The molecule has 2 aromatic heterocycles. The van der Waals surface area contributed by atoms with Crippen LogP contribution in [0, 0.1) is 0 Å². The summed E-state index contributed by atoms with van der Waals surface area (Å²) in [5.41, 5.74) is 0. The van der Waals surface area contributed by atoms with Crippen LogP contribution in [-0.4, -0.2) is 24.5 Å². The summed E-state index contributed by atoms with van der Waals surface area (Å²) < 4.78 is 0. The molecule has 0 aliphatic heterocycles. The predicted octanol–water partition coefficient (Wildman–Crippen LogP) is 4.66. The van der Waals surface area contributed by atoms with E-state index >= 15 is 0 Å². The minimum atomic E-state index is 0.349. The summed E-state index contributed by atoms with van der Waals surface area (Å²) in [6, 6.07) is 9.06. The highest BCUT2D eigenvalue weighted by atomic mass is 32.1. The molecule has 1 aliphatic carbocycles. The number of nitrogens with zero attached hydrogens (tertiary/aromatic N) is 2. The molecule has 0 amide bonds. The molecular formula is C16H18N2S2. The fourth-order valence-corrected chi connectivity index (χ4v) is 3.69. The molecule has 0 bridgehead atoms. The lowest BCUT2D eigenvalue weighted by atomic mass is 9.91. The average Bonchev–Trinajstić information content (AvgIpc) is 3.17. The van der Waals surface area contributed by atoms with Gasteiger partial charge in [-0.25, -0.2) is 0 Å². The van der Waals surface area contributed by atoms with E-state index in [4.69, 9.17) is 9.98 Å². The molecule has 2 aromatic rings. The van der Waals surface area contributed by atoms with Crippen LogP contribution in [0.4, 0.5) is 0 Å². The predicted molar refractivity (Wildman–Crippen MR) is 89.9 cm³/mol. The van der Waals surface area contributed by atoms with Gasteiger partial charge in [0.15, 0.2) is 0 Å². The van der Waals surface area contributed by atoms with Gasteiger partial charge in [-0.3, -0.25) is 9.98 Å². The van der Waals surface area contributed by atoms with Crippen LogP contribution in [0.15, 0.2) is 45.0 Å². The molecule has 1 saturated carbocycles. The molecule has 2 heterocycles. The number of hydrogen-bond acceptors (Lipinski definition) is 4. The van der Waals surface area contributed by atoms with Crippen LogP contribution in [0.2, 0.25) is 0 Å². The first-order valence-electron chi connectivity index (χ1n) is 7.05. The van der Waals surface area contributed by atoms with Crippen LogP contribution in [0.5, 0.6) is 0 Å². The smallest absolute Gasteiger partial charge is 0.0723 e. The van der Waals surface area contributed by atoms with Crippen LogP contribution >= 0.6 is 22.7 Å². The van der Waals surface area contributed by atoms with E-state index in [1.54, 1.807) is 22.7 Å². The van der Waals surface area contributed by atoms with Crippen molar-refractivity contribution in [3.63, 3.8) is 0 Å². The lowest BCUT2D eigenvalue weighted by molar-refractivity contribution is 0.390. The van der Waals surface area contributed by atoms with Gasteiger partial charge in [0.2, 0.25) is 0 Å². The second kappa shape index (κ2) is 6.95. The van der Waals surface area contributed by atoms with Crippen LogP contribution in [0.1, 0.15) is 35.4 Å². The van der Waals surface area contributed by atoms with E-state index in [0.717, 1.165) is 12.8 Å². The molecule has 3 rings (SSSR count). The van der Waals surface area contributed by atoms with E-state index in [2.05, 4.69) is 35.0 Å². The van der Waals surface area contributed by atoms with Crippen LogP contribution in [-0.2, 0) is 0 Å². The molecule has 0 unspecified atom stereocenters. The fraction of sp³-hybridized carbons (Fsp3) is 0.375. The summed E-state index contributed by atoms with van der Waals surface area (Å²) in [5.74, 6) is 0. The summed E-state index contributed by atoms with van der Waals surface area (Å²) in [6.45, 7) is 0. The van der Waals surface area contributed by atoms with E-state index in [9.17, 15) is 0 Å². The van der Waals surface area contributed by atoms with Crippen molar-refractivity contribution < 1.29 is 0 Å². The van der Waals surface area contributed by atoms with E-state index < -0.39 is 0 Å². The van der Waals surface area contributed by atoms with Gasteiger partial charge in [-0.15, -0.1) is 22.7 Å². The molecule has 1 fully saturated rings. The van der Waals surface area contributed by atoms with Crippen molar-refractivity contribution in [2.24, 2.45) is 9.98 Å². The molecule has 1 aliphatic rings. The number of hydrogen-bond donors (Lipinski definition) is 0. The Bertz CT molecular complexity index is 503. The summed E-state index contributed by atoms with van der Waals surface area (Å²) in [4.78, 5) is 12.0. The molecule has 0 spiro atoms. The summed E-state index contributed by atoms with van der Waals surface area (Å²) in [6.07, 6.45) is 8.92. The van der Waals surface area contributed by atoms with Gasteiger partial charge in [0.25, 0.3) is 0 Å². The Morgan fingerprint density at radius 1 is 0.850 bits per heavy atom. The summed E-state index contributed by atoms with van der Waals surface area (Å²) >= 11 is 3.48. The van der Waals surface area contributed by atoms with Gasteiger partial charge in [0.1, 0.15) is 0 Å². The summed E-state index contributed by atoms with van der Waals surface area (Å²) in [5, 5.41) is 4.18. The molecule has 0 radical (unpaired) electrons. The summed E-state index contributed by atoms with van der Waals surface area (Å²) in [7, 11) is 0. The molecule has 2 atom stereocenters. The van der Waals surface area contributed by atoms with E-state index in [-0.39, 0.29) is 0 Å². The Morgan fingerprint density at radius 2 is 1.35 bits per heavy atom. The van der Waals surface area contributed by atoms with Crippen molar-refractivity contribution in [3.05, 3.63) is 44.8 Å². The van der Waals surface area contributed by atoms with Gasteiger partial charge >= 0.3 is 0 Å². The Hall–Kier alpha value is -1.26. The highest BCUT2D eigenvalue weighted by molar-refractivity contribution is 7.12. The highest BCUT2D eigenvalue weighted by Crippen LogP contribution is 2.24. The zero-order valence-corrected chi connectivity index (χ0v) is 12.9. The Kier molecular flexibility index (Phi) is 4.77. The third-order valence-electron chi connectivity index (χ3n) is 3.57. The Balaban J connectivity index is 1.67. The average molecular weight is 302 g/mol. The maximum Gasteiger partial charge on any atom is 0.0723 e. The standard InChI is InChI=1S/C16H18N2S2/c1-2-8-16(18-12-14-6-4-10-20-14)15(7-1)17-11-13-5-3-9-19-13/h3-6,9-12,15-16H,1-2,7-8H2/t15-,16-/m0/s1. The number of thiophene rings is 2. The molecule has 4 heteroatoms. The van der Waals surface area contributed by atoms with Crippen molar-refractivity contribution in [1.82, 2.24) is 0 Å². The highest BCUT2D eigenvalue weighted by Gasteiger charge is 2.23. The SMILES string of the molecule is C(=N[C@H]1CCCC[C@@H]1N=Cc1cccs1)c1cccs1. The van der Waals surface area contributed by atoms with Gasteiger partial charge in [0, 0.05) is 22.2 Å². The molecule has 0 aromatic carbocycles. The second-order valence-corrected chi connectivity index (χ2v) is 6.96. The third-order valence-corrected chi connectivity index (χ3v) is 5.18. The van der Waals surface area contributed by atoms with Crippen molar-refractivity contribution in [2.75, 3.05) is 0 Å². The Labute approximate surface area is 127 Å². The molecule has 0 saturated heterocycles. The molecular weight excluding hydrogens is 284 g/mol. The second-order valence-electron chi connectivity index (χ2n) is 5.01.